The van der Waals surface area contributed by atoms with Gasteiger partial charge < -0.3 is 25.0 Å². The Labute approximate surface area is 213 Å². The molecule has 2 aliphatic heterocycles. The van der Waals surface area contributed by atoms with E-state index in [1.54, 1.807) is 6.07 Å². The molecule has 0 aromatic heterocycles. The molecule has 7 heteroatoms. The van der Waals surface area contributed by atoms with Gasteiger partial charge in [-0.15, -0.1) is 0 Å². The summed E-state index contributed by atoms with van der Waals surface area (Å²) in [6.07, 6.45) is 4.66. The molecule has 0 bridgehead atoms. The summed E-state index contributed by atoms with van der Waals surface area (Å²) < 4.78 is 5.85. The number of likely N-dealkylation sites (tertiary alicyclic amines) is 1. The van der Waals surface area contributed by atoms with Gasteiger partial charge >= 0.3 is 0 Å². The number of benzene rings is 2. The molecule has 2 N–H and O–H groups in total. The van der Waals surface area contributed by atoms with Crippen molar-refractivity contribution in [2.75, 3.05) is 37.6 Å². The molecule has 188 valence electrons. The van der Waals surface area contributed by atoms with E-state index in [-0.39, 0.29) is 17.9 Å². The van der Waals surface area contributed by atoms with E-state index >= 15 is 0 Å². The lowest BCUT2D eigenvalue weighted by Gasteiger charge is -2.30. The number of aryl methyl sites for hydroxylation is 1. The van der Waals surface area contributed by atoms with Gasteiger partial charge in [0.15, 0.2) is 0 Å². The zero-order chi connectivity index (χ0) is 24.4. The summed E-state index contributed by atoms with van der Waals surface area (Å²) in [6.45, 7) is 6.26. The van der Waals surface area contributed by atoms with E-state index < -0.39 is 12.1 Å². The van der Waals surface area contributed by atoms with Gasteiger partial charge in [-0.3, -0.25) is 4.79 Å². The zero-order valence-corrected chi connectivity index (χ0v) is 21.2. The highest BCUT2D eigenvalue weighted by atomic mass is 35.5. The first-order chi connectivity index (χ1) is 17.0. The zero-order valence-electron chi connectivity index (χ0n) is 20.5. The van der Waals surface area contributed by atoms with Gasteiger partial charge in [-0.2, -0.15) is 0 Å². The fourth-order valence-electron chi connectivity index (χ4n) is 5.13. The van der Waals surface area contributed by atoms with E-state index in [1.165, 1.54) is 5.56 Å². The van der Waals surface area contributed by atoms with Gasteiger partial charge in [0.25, 0.3) is 0 Å². The molecule has 2 heterocycles. The van der Waals surface area contributed by atoms with Crippen molar-refractivity contribution < 1.29 is 14.6 Å². The number of halogens is 1. The van der Waals surface area contributed by atoms with Crippen LogP contribution in [0.25, 0.3) is 0 Å². The number of aliphatic hydroxyl groups is 1. The molecule has 2 aromatic carbocycles. The smallest absolute Gasteiger partial charge is 0.225 e. The van der Waals surface area contributed by atoms with Crippen molar-refractivity contribution in [2.45, 2.75) is 57.3 Å². The number of aliphatic hydroxyl groups excluding tert-OH is 1. The Morgan fingerprint density at radius 3 is 2.54 bits per heavy atom. The summed E-state index contributed by atoms with van der Waals surface area (Å²) in [5.74, 6) is 0.581. The normalized spacial score (nSPS) is 22.3. The first kappa shape index (κ1) is 24.4. The predicted molar refractivity (Wildman–Crippen MR) is 139 cm³/mol. The highest BCUT2D eigenvalue weighted by Crippen LogP contribution is 2.34. The highest BCUT2D eigenvalue weighted by Gasteiger charge is 2.33. The second kappa shape index (κ2) is 10.8. The van der Waals surface area contributed by atoms with Crippen LogP contribution < -0.4 is 15.0 Å². The van der Waals surface area contributed by atoms with Gasteiger partial charge in [-0.25, -0.2) is 0 Å². The number of ether oxygens (including phenoxy) is 1. The van der Waals surface area contributed by atoms with E-state index in [0.717, 1.165) is 57.4 Å². The summed E-state index contributed by atoms with van der Waals surface area (Å²) >= 11 is 6.47. The maximum atomic E-state index is 13.3. The van der Waals surface area contributed by atoms with Gasteiger partial charge in [0.2, 0.25) is 5.91 Å². The number of hydrogen-bond donors (Lipinski definition) is 2. The summed E-state index contributed by atoms with van der Waals surface area (Å²) in [6, 6.07) is 13.5. The summed E-state index contributed by atoms with van der Waals surface area (Å²) in [5, 5.41) is 15.1. The molecule has 3 unspecified atom stereocenters. The van der Waals surface area contributed by atoms with Crippen molar-refractivity contribution in [3.05, 3.63) is 58.6 Å². The highest BCUT2D eigenvalue weighted by molar-refractivity contribution is 6.32. The Bertz CT molecular complexity index is 1020. The molecule has 6 nitrogen and oxygen atoms in total. The quantitative estimate of drug-likeness (QED) is 0.540. The number of carbonyl (C=O) groups excluding carboxylic acids is 1. The fourth-order valence-corrected chi connectivity index (χ4v) is 5.36. The molecule has 1 saturated carbocycles. The van der Waals surface area contributed by atoms with Crippen LogP contribution in [-0.4, -0.2) is 60.8 Å². The number of nitrogens with zero attached hydrogens (tertiary/aromatic N) is 2. The van der Waals surface area contributed by atoms with E-state index in [9.17, 15) is 9.90 Å². The third kappa shape index (κ3) is 6.11. The van der Waals surface area contributed by atoms with Gasteiger partial charge in [-0.05, 0) is 81.9 Å². The summed E-state index contributed by atoms with van der Waals surface area (Å²) in [5.41, 5.74) is 3.09. The Morgan fingerprint density at radius 2 is 1.86 bits per heavy atom. The van der Waals surface area contributed by atoms with Crippen molar-refractivity contribution in [1.29, 1.82) is 0 Å². The van der Waals surface area contributed by atoms with Gasteiger partial charge in [0, 0.05) is 25.3 Å². The monoisotopic (exact) mass is 497 g/mol. The van der Waals surface area contributed by atoms with E-state index in [2.05, 4.69) is 46.3 Å². The number of rotatable bonds is 9. The van der Waals surface area contributed by atoms with E-state index in [1.807, 2.05) is 12.1 Å². The van der Waals surface area contributed by atoms with Crippen molar-refractivity contribution >= 4 is 23.2 Å². The van der Waals surface area contributed by atoms with Crippen LogP contribution in [0, 0.1) is 12.8 Å². The van der Waals surface area contributed by atoms with Crippen LogP contribution >= 0.6 is 11.6 Å². The van der Waals surface area contributed by atoms with Crippen LogP contribution in [0.4, 0.5) is 5.69 Å². The van der Waals surface area contributed by atoms with Crippen molar-refractivity contribution in [1.82, 2.24) is 10.2 Å². The fraction of sp³-hybridized carbons (Fsp3) is 0.536. The SMILES string of the molecule is Cc1ccc(N2CCC(C(=O)NC(CN3CCCC3)C(O)c3ccc(OC4CC4)c(Cl)c3)C2)cc1. The minimum absolute atomic E-state index is 0.0163. The lowest BCUT2D eigenvalue weighted by Crippen LogP contribution is -2.48. The molecule has 2 saturated heterocycles. The van der Waals surface area contributed by atoms with Gasteiger partial charge in [0.1, 0.15) is 11.9 Å². The van der Waals surface area contributed by atoms with Gasteiger partial charge in [-0.1, -0.05) is 35.4 Å². The van der Waals surface area contributed by atoms with Crippen molar-refractivity contribution in [3.8, 4) is 5.75 Å². The second-order valence-corrected chi connectivity index (χ2v) is 10.7. The van der Waals surface area contributed by atoms with Crippen molar-refractivity contribution in [2.24, 2.45) is 5.92 Å². The van der Waals surface area contributed by atoms with Crippen LogP contribution in [0.3, 0.4) is 0 Å². The molecule has 35 heavy (non-hydrogen) atoms. The minimum Gasteiger partial charge on any atom is -0.489 e. The molecule has 0 spiro atoms. The largest absolute Gasteiger partial charge is 0.489 e. The van der Waals surface area contributed by atoms with Gasteiger partial charge in [0.05, 0.1) is 23.1 Å². The third-order valence-corrected chi connectivity index (χ3v) is 7.73. The number of hydrogen-bond acceptors (Lipinski definition) is 5. The average Bonchev–Trinajstić information content (AvgIpc) is 3.30. The summed E-state index contributed by atoms with van der Waals surface area (Å²) in [7, 11) is 0. The lowest BCUT2D eigenvalue weighted by atomic mass is 10.00. The molecular formula is C28H36ClN3O3. The Balaban J connectivity index is 1.26. The Hall–Kier alpha value is -2.28. The van der Waals surface area contributed by atoms with Crippen LogP contribution in [0.5, 0.6) is 5.75 Å². The van der Waals surface area contributed by atoms with Crippen LogP contribution in [0.2, 0.25) is 5.02 Å². The maximum Gasteiger partial charge on any atom is 0.225 e. The Kier molecular flexibility index (Phi) is 7.51. The standard InChI is InChI=1S/C28H36ClN3O3/c1-19-4-7-22(8-5-19)32-15-12-21(17-32)28(34)30-25(18-31-13-2-3-14-31)27(33)20-6-11-26(24(29)16-20)35-23-9-10-23/h4-8,11,16,21,23,25,27,33H,2-3,9-10,12-15,17-18H2,1H3,(H,30,34). The first-order valence-corrected chi connectivity index (χ1v) is 13.3. The number of anilines is 1. The Morgan fingerprint density at radius 1 is 1.11 bits per heavy atom. The van der Waals surface area contributed by atoms with E-state index in [0.29, 0.717) is 29.4 Å². The lowest BCUT2D eigenvalue weighted by molar-refractivity contribution is -0.126. The molecule has 3 aliphatic rings. The number of carbonyl (C=O) groups is 1. The first-order valence-electron chi connectivity index (χ1n) is 12.9. The molecular weight excluding hydrogens is 462 g/mol. The predicted octanol–water partition coefficient (Wildman–Crippen LogP) is 4.33. The van der Waals surface area contributed by atoms with Crippen LogP contribution in [0.1, 0.15) is 49.3 Å². The topological polar surface area (TPSA) is 65.0 Å². The van der Waals surface area contributed by atoms with E-state index in [4.69, 9.17) is 16.3 Å². The molecule has 1 amide bonds. The molecule has 0 radical (unpaired) electrons. The number of amides is 1. The van der Waals surface area contributed by atoms with Crippen LogP contribution in [-0.2, 0) is 4.79 Å². The minimum atomic E-state index is -0.846. The average molecular weight is 498 g/mol. The molecule has 2 aromatic rings. The van der Waals surface area contributed by atoms with Crippen molar-refractivity contribution in [3.63, 3.8) is 0 Å². The molecule has 1 aliphatic carbocycles. The third-order valence-electron chi connectivity index (χ3n) is 7.44. The summed E-state index contributed by atoms with van der Waals surface area (Å²) in [4.78, 5) is 17.9. The maximum absolute atomic E-state index is 13.3. The molecule has 5 rings (SSSR count). The molecule has 3 atom stereocenters. The molecule has 3 fully saturated rings. The number of nitrogens with one attached hydrogen (secondary N) is 1. The van der Waals surface area contributed by atoms with Crippen LogP contribution in [0.15, 0.2) is 42.5 Å². The second-order valence-electron chi connectivity index (χ2n) is 10.3.